The summed E-state index contributed by atoms with van der Waals surface area (Å²) < 4.78 is 3.72. The van der Waals surface area contributed by atoms with Crippen LogP contribution in [0.4, 0.5) is 0 Å². The minimum absolute atomic E-state index is 0.0393. The molecule has 4 rings (SSSR count). The number of carbonyl (C=O) groups excluding carboxylic acids is 1. The van der Waals surface area contributed by atoms with Gasteiger partial charge in [0, 0.05) is 56.6 Å². The topological polar surface area (TPSA) is 80.9 Å². The highest BCUT2D eigenvalue weighted by molar-refractivity contribution is 5.97. The van der Waals surface area contributed by atoms with E-state index in [1.54, 1.807) is 23.4 Å². The largest absolute Gasteiger partial charge is 0.347 e. The summed E-state index contributed by atoms with van der Waals surface area (Å²) in [6.07, 6.45) is 7.01. The lowest BCUT2D eigenvalue weighted by atomic mass is 9.99. The number of aryl methyl sites for hydroxylation is 2. The van der Waals surface area contributed by atoms with Gasteiger partial charge in [0.05, 0.1) is 24.1 Å². The van der Waals surface area contributed by atoms with Crippen molar-refractivity contribution < 1.29 is 4.79 Å². The fourth-order valence-corrected chi connectivity index (χ4v) is 3.59. The van der Waals surface area contributed by atoms with Gasteiger partial charge in [0.1, 0.15) is 0 Å². The molecule has 130 valence electrons. The highest BCUT2D eigenvalue weighted by Gasteiger charge is 2.34. The van der Waals surface area contributed by atoms with Crippen molar-refractivity contribution in [1.82, 2.24) is 34.5 Å². The highest BCUT2D eigenvalue weighted by atomic mass is 16.1. The lowest BCUT2D eigenvalue weighted by Crippen LogP contribution is -2.40. The van der Waals surface area contributed by atoms with Crippen LogP contribution in [0.1, 0.15) is 22.0 Å². The zero-order valence-electron chi connectivity index (χ0n) is 14.5. The fourth-order valence-electron chi connectivity index (χ4n) is 3.59. The second kappa shape index (κ2) is 5.96. The van der Waals surface area contributed by atoms with E-state index in [-0.39, 0.29) is 17.9 Å². The van der Waals surface area contributed by atoms with Crippen LogP contribution in [0.3, 0.4) is 0 Å². The summed E-state index contributed by atoms with van der Waals surface area (Å²) in [6, 6.07) is 1.88. The number of fused-ring (bicyclic) bond motifs is 1. The maximum Gasteiger partial charge on any atom is 0.253 e. The van der Waals surface area contributed by atoms with Gasteiger partial charge in [0.2, 0.25) is 0 Å². The second-order valence-corrected chi connectivity index (χ2v) is 6.74. The quantitative estimate of drug-likeness (QED) is 0.753. The molecule has 1 amide bonds. The van der Waals surface area contributed by atoms with E-state index in [2.05, 4.69) is 32.3 Å². The number of amides is 1. The summed E-state index contributed by atoms with van der Waals surface area (Å²) in [7, 11) is 5.89. The van der Waals surface area contributed by atoms with Crippen molar-refractivity contribution >= 4 is 16.9 Å². The van der Waals surface area contributed by atoms with E-state index in [4.69, 9.17) is 0 Å². The van der Waals surface area contributed by atoms with Gasteiger partial charge in [-0.25, -0.2) is 9.97 Å². The normalized spacial score (nSPS) is 21.1. The Kier molecular flexibility index (Phi) is 3.76. The maximum absolute atomic E-state index is 12.7. The number of hydrogen-bond acceptors (Lipinski definition) is 5. The van der Waals surface area contributed by atoms with Crippen molar-refractivity contribution in [3.05, 3.63) is 42.2 Å². The summed E-state index contributed by atoms with van der Waals surface area (Å²) in [6.45, 7) is 1.70. The van der Waals surface area contributed by atoms with Crippen LogP contribution in [0.15, 0.2) is 31.0 Å². The van der Waals surface area contributed by atoms with E-state index in [9.17, 15) is 4.79 Å². The zero-order chi connectivity index (χ0) is 17.6. The number of nitrogens with zero attached hydrogens (tertiary/aromatic N) is 6. The molecule has 3 aromatic heterocycles. The minimum Gasteiger partial charge on any atom is -0.347 e. The molecule has 1 fully saturated rings. The third-order valence-electron chi connectivity index (χ3n) is 4.89. The monoisotopic (exact) mass is 339 g/mol. The number of nitrogens with one attached hydrogen (secondary N) is 1. The molecule has 1 aliphatic rings. The van der Waals surface area contributed by atoms with Gasteiger partial charge in [-0.05, 0) is 13.1 Å². The van der Waals surface area contributed by atoms with Crippen LogP contribution >= 0.6 is 0 Å². The van der Waals surface area contributed by atoms with E-state index in [1.807, 2.05) is 30.9 Å². The minimum atomic E-state index is -0.106. The number of carbonyl (C=O) groups is 1. The SMILES string of the molecule is CN1C[C@@H](NC(=O)c2cnc3c(cnn3C)c2)[C@H](c2cncn2C)C1. The van der Waals surface area contributed by atoms with Crippen LogP contribution in [0.25, 0.3) is 11.0 Å². The first-order valence-electron chi connectivity index (χ1n) is 8.26. The van der Waals surface area contributed by atoms with Crippen LogP contribution < -0.4 is 5.32 Å². The van der Waals surface area contributed by atoms with Gasteiger partial charge >= 0.3 is 0 Å². The third-order valence-corrected chi connectivity index (χ3v) is 4.89. The van der Waals surface area contributed by atoms with E-state index >= 15 is 0 Å². The number of aromatic nitrogens is 5. The number of hydrogen-bond donors (Lipinski definition) is 1. The Hall–Kier alpha value is -2.74. The van der Waals surface area contributed by atoms with Gasteiger partial charge in [-0.15, -0.1) is 0 Å². The summed E-state index contributed by atoms with van der Waals surface area (Å²) >= 11 is 0. The van der Waals surface area contributed by atoms with Crippen molar-refractivity contribution in [3.8, 4) is 0 Å². The Balaban J connectivity index is 1.56. The van der Waals surface area contributed by atoms with Gasteiger partial charge in [0.25, 0.3) is 5.91 Å². The van der Waals surface area contributed by atoms with Crippen molar-refractivity contribution in [2.75, 3.05) is 20.1 Å². The lowest BCUT2D eigenvalue weighted by molar-refractivity contribution is 0.0935. The molecule has 3 aromatic rings. The molecule has 0 unspecified atom stereocenters. The second-order valence-electron chi connectivity index (χ2n) is 6.74. The molecule has 1 saturated heterocycles. The third kappa shape index (κ3) is 2.78. The van der Waals surface area contributed by atoms with Crippen molar-refractivity contribution in [1.29, 1.82) is 0 Å². The summed E-state index contributed by atoms with van der Waals surface area (Å²) in [5, 5.41) is 8.21. The Labute approximate surface area is 145 Å². The number of likely N-dealkylation sites (tertiary alicyclic amines) is 1. The molecule has 0 spiro atoms. The molecular formula is C17H21N7O. The molecule has 0 bridgehead atoms. The number of rotatable bonds is 3. The van der Waals surface area contributed by atoms with E-state index in [0.717, 1.165) is 29.8 Å². The smallest absolute Gasteiger partial charge is 0.253 e. The van der Waals surface area contributed by atoms with E-state index < -0.39 is 0 Å². The first-order valence-corrected chi connectivity index (χ1v) is 8.26. The van der Waals surface area contributed by atoms with Crippen LogP contribution in [0, 0.1) is 0 Å². The van der Waals surface area contributed by atoms with Crippen LogP contribution in [0.5, 0.6) is 0 Å². The zero-order valence-corrected chi connectivity index (χ0v) is 14.5. The summed E-state index contributed by atoms with van der Waals surface area (Å²) in [5.74, 6) is 0.113. The molecular weight excluding hydrogens is 318 g/mol. The highest BCUT2D eigenvalue weighted by Crippen LogP contribution is 2.26. The molecule has 0 saturated carbocycles. The van der Waals surface area contributed by atoms with Crippen molar-refractivity contribution in [2.24, 2.45) is 14.1 Å². The van der Waals surface area contributed by atoms with Gasteiger partial charge in [-0.2, -0.15) is 5.10 Å². The van der Waals surface area contributed by atoms with Crippen LogP contribution in [-0.4, -0.2) is 61.3 Å². The number of likely N-dealkylation sites (N-methyl/N-ethyl adjacent to an activating group) is 1. The molecule has 0 aliphatic carbocycles. The van der Waals surface area contributed by atoms with Crippen molar-refractivity contribution in [2.45, 2.75) is 12.0 Å². The lowest BCUT2D eigenvalue weighted by Gasteiger charge is -2.20. The predicted octanol–water partition coefficient (Wildman–Crippen LogP) is 0.529. The average molecular weight is 339 g/mol. The molecule has 1 aliphatic heterocycles. The van der Waals surface area contributed by atoms with Crippen molar-refractivity contribution in [3.63, 3.8) is 0 Å². The molecule has 2 atom stereocenters. The molecule has 8 nitrogen and oxygen atoms in total. The Morgan fingerprint density at radius 1 is 1.20 bits per heavy atom. The summed E-state index contributed by atoms with van der Waals surface area (Å²) in [5.41, 5.74) is 2.46. The number of pyridine rings is 1. The van der Waals surface area contributed by atoms with Gasteiger partial charge < -0.3 is 14.8 Å². The standard InChI is InChI=1S/C17H21N7O/c1-22-8-13(15-7-18-10-23(15)2)14(9-22)21-17(25)12-4-11-6-20-24(3)16(11)19-5-12/h4-7,10,13-14H,8-9H2,1-3H3,(H,21,25)/t13-,14-/m1/s1. The molecule has 0 radical (unpaired) electrons. The average Bonchev–Trinajstić information content (AvgIpc) is 3.27. The first-order chi connectivity index (χ1) is 12.0. The molecule has 4 heterocycles. The maximum atomic E-state index is 12.7. The molecule has 25 heavy (non-hydrogen) atoms. The van der Waals surface area contributed by atoms with Crippen LogP contribution in [0.2, 0.25) is 0 Å². The summed E-state index contributed by atoms with van der Waals surface area (Å²) in [4.78, 5) is 23.5. The van der Waals surface area contributed by atoms with Crippen LogP contribution in [-0.2, 0) is 14.1 Å². The molecule has 8 heteroatoms. The number of imidazole rings is 1. The van der Waals surface area contributed by atoms with Gasteiger partial charge in [-0.3, -0.25) is 9.48 Å². The Morgan fingerprint density at radius 2 is 2.04 bits per heavy atom. The van der Waals surface area contributed by atoms with E-state index in [0.29, 0.717) is 5.56 Å². The Morgan fingerprint density at radius 3 is 2.80 bits per heavy atom. The van der Waals surface area contributed by atoms with E-state index in [1.165, 1.54) is 0 Å². The molecule has 0 aromatic carbocycles. The molecule has 1 N–H and O–H groups in total. The predicted molar refractivity (Wildman–Crippen MR) is 93.2 cm³/mol. The van der Waals surface area contributed by atoms with Gasteiger partial charge in [0.15, 0.2) is 5.65 Å². The fraction of sp³-hybridized carbons (Fsp3) is 0.412. The van der Waals surface area contributed by atoms with Gasteiger partial charge in [-0.1, -0.05) is 0 Å². The Bertz CT molecular complexity index is 928. The first kappa shape index (κ1) is 15.8.